The highest BCUT2D eigenvalue weighted by atomic mass is 19.2. The molecule has 9 heteroatoms. The first kappa shape index (κ1) is 37.8. The molecule has 0 aliphatic heterocycles. The summed E-state index contributed by atoms with van der Waals surface area (Å²) in [6, 6.07) is 13.9. The van der Waals surface area contributed by atoms with Gasteiger partial charge < -0.3 is 14.2 Å². The highest BCUT2D eigenvalue weighted by Crippen LogP contribution is 2.24. The van der Waals surface area contributed by atoms with Crippen molar-refractivity contribution in [1.29, 1.82) is 0 Å². The molecule has 0 N–H and O–H groups in total. The number of benzene rings is 4. The van der Waals surface area contributed by atoms with Crippen LogP contribution in [0.15, 0.2) is 60.7 Å². The average molecular weight is 693 g/mol. The molecule has 0 saturated carbocycles. The Morgan fingerprint density at radius 3 is 1.50 bits per heavy atom. The van der Waals surface area contributed by atoms with Crippen molar-refractivity contribution in [2.75, 3.05) is 19.8 Å². The van der Waals surface area contributed by atoms with Gasteiger partial charge >= 0.3 is 0 Å². The second-order valence-corrected chi connectivity index (χ2v) is 11.8. The van der Waals surface area contributed by atoms with E-state index in [1.165, 1.54) is 55.5 Å². The van der Waals surface area contributed by atoms with Crippen LogP contribution in [0.1, 0.15) is 80.2 Å². The van der Waals surface area contributed by atoms with Gasteiger partial charge in [-0.3, -0.25) is 0 Å². The van der Waals surface area contributed by atoms with Gasteiger partial charge in [0.2, 0.25) is 5.82 Å². The van der Waals surface area contributed by atoms with Crippen LogP contribution in [0.25, 0.3) is 0 Å². The average Bonchev–Trinajstić information content (AvgIpc) is 3.09. The maximum Gasteiger partial charge on any atom is 0.201 e. The summed E-state index contributed by atoms with van der Waals surface area (Å²) in [6.45, 7) is 6.32. The van der Waals surface area contributed by atoms with Crippen LogP contribution in [0.2, 0.25) is 0 Å². The van der Waals surface area contributed by atoms with Gasteiger partial charge in [0, 0.05) is 12.1 Å². The Labute approximate surface area is 289 Å². The Balaban J connectivity index is 1.11. The van der Waals surface area contributed by atoms with E-state index in [0.717, 1.165) is 38.5 Å². The molecule has 1 unspecified atom stereocenters. The van der Waals surface area contributed by atoms with Gasteiger partial charge in [-0.2, -0.15) is 4.39 Å². The summed E-state index contributed by atoms with van der Waals surface area (Å²) in [4.78, 5) is 0. The molecule has 0 spiro atoms. The molecule has 0 bridgehead atoms. The Morgan fingerprint density at radius 1 is 0.540 bits per heavy atom. The topological polar surface area (TPSA) is 27.7 Å². The zero-order chi connectivity index (χ0) is 36.0. The minimum Gasteiger partial charge on any atom is -0.493 e. The fourth-order valence-corrected chi connectivity index (χ4v) is 5.00. The van der Waals surface area contributed by atoms with E-state index in [1.54, 1.807) is 19.1 Å². The van der Waals surface area contributed by atoms with E-state index in [0.29, 0.717) is 30.6 Å². The Hall–Kier alpha value is -5.02. The van der Waals surface area contributed by atoms with Crippen LogP contribution in [0.5, 0.6) is 17.2 Å². The van der Waals surface area contributed by atoms with Crippen molar-refractivity contribution < 1.29 is 40.6 Å². The van der Waals surface area contributed by atoms with E-state index in [9.17, 15) is 26.3 Å². The molecule has 0 aliphatic rings. The van der Waals surface area contributed by atoms with Crippen molar-refractivity contribution in [3.05, 3.63) is 123 Å². The highest BCUT2D eigenvalue weighted by molar-refractivity contribution is 5.48. The predicted octanol–water partition coefficient (Wildman–Crippen LogP) is 10.5. The summed E-state index contributed by atoms with van der Waals surface area (Å²) >= 11 is 0. The third-order valence-electron chi connectivity index (χ3n) is 7.89. The normalized spacial score (nSPS) is 11.2. The van der Waals surface area contributed by atoms with Gasteiger partial charge in [0.05, 0.1) is 42.1 Å². The van der Waals surface area contributed by atoms with Crippen molar-refractivity contribution in [1.82, 2.24) is 0 Å². The van der Waals surface area contributed by atoms with Crippen molar-refractivity contribution in [2.24, 2.45) is 5.92 Å². The lowest BCUT2D eigenvalue weighted by Crippen LogP contribution is -2.02. The molecule has 0 aromatic heterocycles. The van der Waals surface area contributed by atoms with Crippen LogP contribution in [-0.2, 0) is 0 Å². The lowest BCUT2D eigenvalue weighted by molar-refractivity contribution is 0.289. The molecule has 4 aromatic carbocycles. The van der Waals surface area contributed by atoms with E-state index < -0.39 is 34.9 Å². The number of ether oxygens (including phenoxy) is 3. The predicted molar refractivity (Wildman–Crippen MR) is 181 cm³/mol. The number of hydrogen-bond donors (Lipinski definition) is 0. The van der Waals surface area contributed by atoms with Gasteiger partial charge in [0.1, 0.15) is 23.1 Å². The quantitative estimate of drug-likeness (QED) is 0.0748. The Morgan fingerprint density at radius 2 is 1.00 bits per heavy atom. The van der Waals surface area contributed by atoms with Gasteiger partial charge in [-0.05, 0) is 93.5 Å². The lowest BCUT2D eigenvalue weighted by Gasteiger charge is -2.12. The van der Waals surface area contributed by atoms with Gasteiger partial charge in [0.25, 0.3) is 0 Å². The lowest BCUT2D eigenvalue weighted by atomic mass is 9.98. The number of unbranched alkanes of at least 4 members (excludes halogenated alkanes) is 2. The smallest absolute Gasteiger partial charge is 0.201 e. The van der Waals surface area contributed by atoms with Gasteiger partial charge in [-0.15, -0.1) is 0 Å². The Kier molecular flexibility index (Phi) is 14.1. The molecule has 50 heavy (non-hydrogen) atoms. The van der Waals surface area contributed by atoms with Crippen molar-refractivity contribution in [3.8, 4) is 40.9 Å². The van der Waals surface area contributed by atoms with E-state index in [1.807, 2.05) is 0 Å². The Bertz CT molecular complexity index is 1900. The van der Waals surface area contributed by atoms with Crippen molar-refractivity contribution >= 4 is 0 Å². The third kappa shape index (κ3) is 10.7. The van der Waals surface area contributed by atoms with E-state index in [2.05, 4.69) is 30.6 Å². The number of hydrogen-bond acceptors (Lipinski definition) is 3. The van der Waals surface area contributed by atoms with Crippen LogP contribution in [0.4, 0.5) is 26.3 Å². The minimum absolute atomic E-state index is 0.0354. The monoisotopic (exact) mass is 692 g/mol. The molecule has 0 radical (unpaired) electrons. The zero-order valence-corrected chi connectivity index (χ0v) is 28.2. The minimum atomic E-state index is -1.15. The SMILES string of the molecule is CCOc1ccc(C#Cc2ccc(OCCCCC(C)CCCCOc3ccc(C#Cc4ccc(C)c(F)c4F)c(F)c3)cc2F)c(F)c1F. The standard InChI is InChI=1S/C41H38F6O3/c1-4-48-37-22-19-32(40(46)41(37)47)16-14-30-18-21-34(26-36(30)43)50-24-8-6-10-27(2)9-5-7-23-49-33-20-17-29(35(42)25-33)13-15-31-12-11-28(3)38(44)39(31)45/h11-12,17-22,25-27H,4-10,23-24H2,1-3H3. The van der Waals surface area contributed by atoms with Gasteiger partial charge in [-0.1, -0.05) is 49.5 Å². The molecule has 4 rings (SSSR count). The highest BCUT2D eigenvalue weighted by Gasteiger charge is 2.14. The van der Waals surface area contributed by atoms with E-state index in [-0.39, 0.29) is 40.2 Å². The number of aryl methyl sites for hydroxylation is 1. The molecule has 262 valence electrons. The molecule has 4 aromatic rings. The largest absolute Gasteiger partial charge is 0.493 e. The summed E-state index contributed by atoms with van der Waals surface area (Å²) < 4.78 is 102. The molecule has 0 fully saturated rings. The molecule has 0 aliphatic carbocycles. The summed E-state index contributed by atoms with van der Waals surface area (Å²) in [5.41, 5.74) is -0.0735. The number of halogens is 6. The van der Waals surface area contributed by atoms with Crippen molar-refractivity contribution in [3.63, 3.8) is 0 Å². The van der Waals surface area contributed by atoms with Gasteiger partial charge in [-0.25, -0.2) is 22.0 Å². The van der Waals surface area contributed by atoms with E-state index in [4.69, 9.17) is 14.2 Å². The second kappa shape index (κ2) is 18.7. The van der Waals surface area contributed by atoms with Crippen molar-refractivity contribution in [2.45, 2.75) is 59.3 Å². The summed E-state index contributed by atoms with van der Waals surface area (Å²) in [6.07, 6.45) is 5.48. The van der Waals surface area contributed by atoms with Crippen LogP contribution >= 0.6 is 0 Å². The first-order valence-electron chi connectivity index (χ1n) is 16.5. The molecular weight excluding hydrogens is 654 g/mol. The molecule has 0 heterocycles. The number of rotatable bonds is 14. The third-order valence-corrected chi connectivity index (χ3v) is 7.89. The summed E-state index contributed by atoms with van der Waals surface area (Å²) in [5.74, 6) is 5.53. The van der Waals surface area contributed by atoms with Crippen LogP contribution < -0.4 is 14.2 Å². The van der Waals surface area contributed by atoms with Crippen LogP contribution in [0, 0.1) is 71.4 Å². The molecule has 0 amide bonds. The van der Waals surface area contributed by atoms with Crippen LogP contribution in [-0.4, -0.2) is 19.8 Å². The van der Waals surface area contributed by atoms with Crippen LogP contribution in [0.3, 0.4) is 0 Å². The zero-order valence-electron chi connectivity index (χ0n) is 28.2. The van der Waals surface area contributed by atoms with E-state index >= 15 is 0 Å². The first-order valence-corrected chi connectivity index (χ1v) is 16.5. The fourth-order valence-electron chi connectivity index (χ4n) is 5.00. The summed E-state index contributed by atoms with van der Waals surface area (Å²) in [7, 11) is 0. The fraction of sp³-hybridized carbons (Fsp3) is 0.317. The molecule has 1 atom stereocenters. The maximum absolute atomic E-state index is 14.6. The molecule has 3 nitrogen and oxygen atoms in total. The molecular formula is C41H38F6O3. The van der Waals surface area contributed by atoms with Gasteiger partial charge in [0.15, 0.2) is 23.2 Å². The second-order valence-electron chi connectivity index (χ2n) is 11.8. The maximum atomic E-state index is 14.6. The molecule has 0 saturated heterocycles. The first-order chi connectivity index (χ1) is 24.1. The summed E-state index contributed by atoms with van der Waals surface area (Å²) in [5, 5.41) is 0.